The molecule has 2 aliphatic rings. The molecule has 0 fully saturated rings. The van der Waals surface area contributed by atoms with Crippen LogP contribution < -0.4 is 19.9 Å². The van der Waals surface area contributed by atoms with E-state index in [0.29, 0.717) is 25.0 Å². The van der Waals surface area contributed by atoms with Gasteiger partial charge in [-0.25, -0.2) is 0 Å². The van der Waals surface area contributed by atoms with E-state index in [1.807, 2.05) is 30.3 Å². The van der Waals surface area contributed by atoms with Crippen molar-refractivity contribution in [3.63, 3.8) is 0 Å². The molecule has 2 heterocycles. The molecule has 6 nitrogen and oxygen atoms in total. The third kappa shape index (κ3) is 6.47. The van der Waals surface area contributed by atoms with Crippen LogP contribution in [0.2, 0.25) is 0 Å². The van der Waals surface area contributed by atoms with Crippen LogP contribution in [0.5, 0.6) is 23.0 Å². The van der Waals surface area contributed by atoms with Crippen LogP contribution in [0.1, 0.15) is 23.1 Å². The molecule has 3 aromatic carbocycles. The Balaban J connectivity index is 0.000000189. The topological polar surface area (TPSA) is 77.2 Å². The largest absolute Gasteiger partial charge is 0.508 e. The molecule has 0 radical (unpaired) electrons. The zero-order valence-electron chi connectivity index (χ0n) is 20.7. The van der Waals surface area contributed by atoms with Gasteiger partial charge >= 0.3 is 0 Å². The Morgan fingerprint density at radius 1 is 0.914 bits per heavy atom. The maximum Gasteiger partial charge on any atom is 0.126 e. The minimum absolute atomic E-state index is 0.0869. The molecule has 3 N–H and O–H groups in total. The number of ether oxygens (including phenoxy) is 3. The van der Waals surface area contributed by atoms with Crippen LogP contribution in [0.25, 0.3) is 0 Å². The van der Waals surface area contributed by atoms with E-state index in [1.165, 1.54) is 5.56 Å². The molecule has 2 aliphatic heterocycles. The van der Waals surface area contributed by atoms with Crippen molar-refractivity contribution in [1.29, 1.82) is 0 Å². The number of hydrogen-bond donors (Lipinski definition) is 2. The highest BCUT2D eigenvalue weighted by Crippen LogP contribution is 2.33. The van der Waals surface area contributed by atoms with Crippen LogP contribution >= 0.6 is 0 Å². The van der Waals surface area contributed by atoms with Crippen molar-refractivity contribution in [1.82, 2.24) is 4.90 Å². The second-order valence-electron chi connectivity index (χ2n) is 9.20. The quantitative estimate of drug-likeness (QED) is 0.555. The Morgan fingerprint density at radius 3 is 2.40 bits per heavy atom. The molecule has 0 aliphatic carbocycles. The Labute approximate surface area is 208 Å². The summed E-state index contributed by atoms with van der Waals surface area (Å²) in [5.41, 5.74) is 9.21. The van der Waals surface area contributed by atoms with Gasteiger partial charge in [0, 0.05) is 23.2 Å². The van der Waals surface area contributed by atoms with Gasteiger partial charge in [0.05, 0.1) is 7.11 Å². The van der Waals surface area contributed by atoms with Crippen LogP contribution in [-0.2, 0) is 19.3 Å². The lowest BCUT2D eigenvalue weighted by molar-refractivity contribution is 0.140. The summed E-state index contributed by atoms with van der Waals surface area (Å²) in [6.07, 6.45) is 3.91. The van der Waals surface area contributed by atoms with Gasteiger partial charge in [-0.2, -0.15) is 0 Å². The number of fused-ring (bicyclic) bond motifs is 2. The van der Waals surface area contributed by atoms with Crippen molar-refractivity contribution in [2.45, 2.75) is 37.8 Å². The molecule has 0 saturated heterocycles. The number of phenols is 1. The summed E-state index contributed by atoms with van der Waals surface area (Å²) in [4.78, 5) is 2.35. The summed E-state index contributed by atoms with van der Waals surface area (Å²) in [7, 11) is 3.81. The van der Waals surface area contributed by atoms with E-state index >= 15 is 0 Å². The van der Waals surface area contributed by atoms with Crippen molar-refractivity contribution in [2.75, 3.05) is 33.9 Å². The number of benzene rings is 3. The van der Waals surface area contributed by atoms with Gasteiger partial charge in [0.25, 0.3) is 0 Å². The molecular weight excluding hydrogens is 440 g/mol. The summed E-state index contributed by atoms with van der Waals surface area (Å²) < 4.78 is 16.5. The van der Waals surface area contributed by atoms with Crippen LogP contribution in [0.3, 0.4) is 0 Å². The molecule has 0 spiro atoms. The van der Waals surface area contributed by atoms with E-state index in [1.54, 1.807) is 13.2 Å². The van der Waals surface area contributed by atoms with Gasteiger partial charge in [-0.1, -0.05) is 42.5 Å². The van der Waals surface area contributed by atoms with Crippen molar-refractivity contribution in [3.05, 3.63) is 83.4 Å². The number of likely N-dealkylation sites (N-methyl/N-ethyl adjacent to an activating group) is 1. The Hall–Kier alpha value is -3.22. The van der Waals surface area contributed by atoms with Crippen molar-refractivity contribution >= 4 is 0 Å². The highest BCUT2D eigenvalue weighted by Gasteiger charge is 2.25. The maximum atomic E-state index is 9.98. The fourth-order valence-electron chi connectivity index (χ4n) is 4.61. The van der Waals surface area contributed by atoms with E-state index in [4.69, 9.17) is 19.9 Å². The molecule has 0 amide bonds. The first kappa shape index (κ1) is 24.9. The zero-order chi connectivity index (χ0) is 24.6. The molecular formula is C29H36N2O4. The highest BCUT2D eigenvalue weighted by molar-refractivity contribution is 5.47. The molecule has 2 unspecified atom stereocenters. The standard InChI is InChI=1S/C19H23NO2.C10H13NO2/c1-20(12-6-9-15-7-3-2-4-8-15)16-13-17-18(21)10-5-11-19(17)22-14-16;1-12-9-3-2-4-10-8(9)5-7(11)6-13-10/h2-5,7-8,10-11,16,21H,6,9,12-14H2,1H3;2-4,7H,5-6,11H2,1H3. The molecule has 2 atom stereocenters. The van der Waals surface area contributed by atoms with E-state index in [2.05, 4.69) is 42.3 Å². The third-order valence-corrected chi connectivity index (χ3v) is 6.65. The average Bonchev–Trinajstić information content (AvgIpc) is 2.89. The molecule has 5 rings (SSSR count). The molecule has 0 bridgehead atoms. The molecule has 3 aromatic rings. The van der Waals surface area contributed by atoms with Gasteiger partial charge in [0.15, 0.2) is 0 Å². The SMILES string of the molecule is CN(CCCc1ccccc1)C1COc2cccc(O)c2C1.COc1cccc2c1CC(N)CO2. The van der Waals surface area contributed by atoms with Crippen molar-refractivity contribution < 1.29 is 19.3 Å². The van der Waals surface area contributed by atoms with Gasteiger partial charge < -0.3 is 25.1 Å². The summed E-state index contributed by atoms with van der Waals surface area (Å²) in [6.45, 7) is 2.32. The normalized spacial score (nSPS) is 18.3. The molecule has 6 heteroatoms. The minimum Gasteiger partial charge on any atom is -0.508 e. The van der Waals surface area contributed by atoms with Crippen LogP contribution in [-0.4, -0.2) is 56.0 Å². The highest BCUT2D eigenvalue weighted by atomic mass is 16.5. The number of aryl methyl sites for hydroxylation is 1. The van der Waals surface area contributed by atoms with Gasteiger partial charge in [-0.15, -0.1) is 0 Å². The lowest BCUT2D eigenvalue weighted by Crippen LogP contribution is -2.41. The number of rotatable bonds is 6. The van der Waals surface area contributed by atoms with Gasteiger partial charge in [0.2, 0.25) is 0 Å². The van der Waals surface area contributed by atoms with Gasteiger partial charge in [-0.3, -0.25) is 4.90 Å². The maximum absolute atomic E-state index is 9.98. The number of phenolic OH excluding ortho intramolecular Hbond substituents is 1. The predicted molar refractivity (Wildman–Crippen MR) is 139 cm³/mol. The first-order chi connectivity index (χ1) is 17.0. The van der Waals surface area contributed by atoms with E-state index in [-0.39, 0.29) is 6.04 Å². The second kappa shape index (κ2) is 12.0. The third-order valence-electron chi connectivity index (χ3n) is 6.65. The number of nitrogens with two attached hydrogens (primary N) is 1. The van der Waals surface area contributed by atoms with E-state index in [0.717, 1.165) is 60.6 Å². The second-order valence-corrected chi connectivity index (χ2v) is 9.20. The molecule has 35 heavy (non-hydrogen) atoms. The van der Waals surface area contributed by atoms with Gasteiger partial charge in [-0.05, 0) is 69.1 Å². The number of methoxy groups -OCH3 is 1. The Bertz CT molecular complexity index is 1080. The first-order valence-electron chi connectivity index (χ1n) is 12.3. The number of aromatic hydroxyl groups is 1. The Kier molecular flexibility index (Phi) is 8.50. The van der Waals surface area contributed by atoms with E-state index in [9.17, 15) is 5.11 Å². The van der Waals surface area contributed by atoms with Crippen molar-refractivity contribution in [2.24, 2.45) is 5.73 Å². The van der Waals surface area contributed by atoms with Crippen molar-refractivity contribution in [3.8, 4) is 23.0 Å². The summed E-state index contributed by atoms with van der Waals surface area (Å²) in [6, 6.07) is 22.3. The van der Waals surface area contributed by atoms with Crippen LogP contribution in [0, 0.1) is 0 Å². The fourth-order valence-corrected chi connectivity index (χ4v) is 4.61. The predicted octanol–water partition coefficient (Wildman–Crippen LogP) is 4.22. The molecule has 0 aromatic heterocycles. The van der Waals surface area contributed by atoms with E-state index < -0.39 is 0 Å². The smallest absolute Gasteiger partial charge is 0.126 e. The number of hydrogen-bond acceptors (Lipinski definition) is 6. The lowest BCUT2D eigenvalue weighted by atomic mass is 10.0. The first-order valence-corrected chi connectivity index (χ1v) is 12.3. The monoisotopic (exact) mass is 476 g/mol. The zero-order valence-corrected chi connectivity index (χ0v) is 20.7. The minimum atomic E-state index is 0.0869. The van der Waals surface area contributed by atoms with Crippen LogP contribution in [0.4, 0.5) is 0 Å². The summed E-state index contributed by atoms with van der Waals surface area (Å²) in [5, 5.41) is 9.98. The molecule has 186 valence electrons. The fraction of sp³-hybridized carbons (Fsp3) is 0.379. The Morgan fingerprint density at radius 2 is 1.63 bits per heavy atom. The van der Waals surface area contributed by atoms with Crippen LogP contribution in [0.15, 0.2) is 66.7 Å². The molecule has 0 saturated carbocycles. The summed E-state index contributed by atoms with van der Waals surface area (Å²) in [5.74, 6) is 2.95. The lowest BCUT2D eigenvalue weighted by Gasteiger charge is -2.32. The summed E-state index contributed by atoms with van der Waals surface area (Å²) >= 11 is 0. The average molecular weight is 477 g/mol. The van der Waals surface area contributed by atoms with Gasteiger partial charge in [0.1, 0.15) is 36.2 Å². The number of nitrogens with zero attached hydrogens (tertiary/aromatic N) is 1.